The monoisotopic (exact) mass is 270 g/mol. The van der Waals surface area contributed by atoms with E-state index >= 15 is 0 Å². The molecule has 0 radical (unpaired) electrons. The highest BCUT2D eigenvalue weighted by Gasteiger charge is 2.15. The molecule has 1 aromatic rings. The number of hydrogen-bond donors (Lipinski definition) is 1. The van der Waals surface area contributed by atoms with Crippen molar-refractivity contribution in [2.45, 2.75) is 33.2 Å². The molecular formula is C14H23FN2S. The molecule has 1 rings (SSSR count). The Morgan fingerprint density at radius 1 is 1.39 bits per heavy atom. The summed E-state index contributed by atoms with van der Waals surface area (Å²) >= 11 is 1.87. The van der Waals surface area contributed by atoms with Gasteiger partial charge in [0.2, 0.25) is 0 Å². The first-order valence-corrected chi connectivity index (χ1v) is 7.71. The van der Waals surface area contributed by atoms with Gasteiger partial charge in [0.25, 0.3) is 0 Å². The number of nitrogens with one attached hydrogen (secondary N) is 1. The maximum absolute atomic E-state index is 13.7. The van der Waals surface area contributed by atoms with Crippen molar-refractivity contribution >= 4 is 11.8 Å². The van der Waals surface area contributed by atoms with Gasteiger partial charge >= 0.3 is 0 Å². The van der Waals surface area contributed by atoms with E-state index < -0.39 is 0 Å². The average Bonchev–Trinajstić information content (AvgIpc) is 2.34. The van der Waals surface area contributed by atoms with Crippen molar-refractivity contribution in [3.8, 4) is 0 Å². The Balaban J connectivity index is 2.62. The largest absolute Gasteiger partial charge is 0.309 e. The summed E-state index contributed by atoms with van der Waals surface area (Å²) in [6.45, 7) is 7.44. The molecule has 0 saturated heterocycles. The van der Waals surface area contributed by atoms with Crippen LogP contribution in [0.1, 0.15) is 38.8 Å². The average molecular weight is 270 g/mol. The van der Waals surface area contributed by atoms with E-state index in [4.69, 9.17) is 0 Å². The lowest BCUT2D eigenvalue weighted by Gasteiger charge is -2.19. The smallest absolute Gasteiger partial charge is 0.146 e. The van der Waals surface area contributed by atoms with Crippen LogP contribution in [0.2, 0.25) is 0 Å². The zero-order valence-electron chi connectivity index (χ0n) is 11.4. The van der Waals surface area contributed by atoms with Crippen LogP contribution < -0.4 is 5.32 Å². The maximum atomic E-state index is 13.7. The molecule has 4 heteroatoms. The molecule has 0 aliphatic heterocycles. The maximum Gasteiger partial charge on any atom is 0.146 e. The van der Waals surface area contributed by atoms with Gasteiger partial charge < -0.3 is 5.32 Å². The molecule has 1 heterocycles. The van der Waals surface area contributed by atoms with Crippen LogP contribution in [-0.2, 0) is 0 Å². The van der Waals surface area contributed by atoms with Crippen LogP contribution in [0, 0.1) is 11.7 Å². The number of nitrogens with zero attached hydrogens (tertiary/aromatic N) is 1. The van der Waals surface area contributed by atoms with E-state index in [2.05, 4.69) is 31.1 Å². The van der Waals surface area contributed by atoms with Gasteiger partial charge in [0.15, 0.2) is 0 Å². The van der Waals surface area contributed by atoms with Crippen molar-refractivity contribution in [2.75, 3.05) is 18.1 Å². The number of pyridine rings is 1. The molecule has 1 unspecified atom stereocenters. The van der Waals surface area contributed by atoms with Crippen molar-refractivity contribution in [1.82, 2.24) is 10.3 Å². The molecule has 0 bridgehead atoms. The van der Waals surface area contributed by atoms with Crippen LogP contribution in [0.25, 0.3) is 0 Å². The van der Waals surface area contributed by atoms with Crippen LogP contribution in [0.4, 0.5) is 4.39 Å². The van der Waals surface area contributed by atoms with Crippen molar-refractivity contribution in [3.63, 3.8) is 0 Å². The third-order valence-corrected chi connectivity index (χ3v) is 4.03. The standard InChI is InChI=1S/C14H23FN2S/c1-4-6-17-14(10-18-9-11(2)3)12-5-7-16-8-13(12)15/h5,7-8,11,14,17H,4,6,9-10H2,1-3H3. The van der Waals surface area contributed by atoms with Crippen LogP contribution in [0.15, 0.2) is 18.5 Å². The lowest BCUT2D eigenvalue weighted by Crippen LogP contribution is -2.25. The third kappa shape index (κ3) is 5.36. The van der Waals surface area contributed by atoms with Gasteiger partial charge in [-0.1, -0.05) is 20.8 Å². The van der Waals surface area contributed by atoms with Crippen molar-refractivity contribution in [2.24, 2.45) is 5.92 Å². The predicted molar refractivity (Wildman–Crippen MR) is 77.4 cm³/mol. The Labute approximate surface area is 114 Å². The second-order valence-electron chi connectivity index (χ2n) is 4.84. The normalized spacial score (nSPS) is 12.9. The Bertz CT molecular complexity index is 344. The summed E-state index contributed by atoms with van der Waals surface area (Å²) in [6.07, 6.45) is 4.01. The van der Waals surface area contributed by atoms with Crippen LogP contribution in [0.5, 0.6) is 0 Å². The molecule has 1 N–H and O–H groups in total. The van der Waals surface area contributed by atoms with Gasteiger partial charge in [0.1, 0.15) is 5.82 Å². The van der Waals surface area contributed by atoms with Crippen LogP contribution >= 0.6 is 11.8 Å². The fourth-order valence-corrected chi connectivity index (χ4v) is 2.81. The van der Waals surface area contributed by atoms with Gasteiger partial charge in [-0.05, 0) is 30.7 Å². The van der Waals surface area contributed by atoms with Crippen molar-refractivity contribution < 1.29 is 4.39 Å². The fraction of sp³-hybridized carbons (Fsp3) is 0.643. The Morgan fingerprint density at radius 2 is 2.17 bits per heavy atom. The molecule has 0 aliphatic rings. The summed E-state index contributed by atoms with van der Waals surface area (Å²) in [5.41, 5.74) is 0.731. The molecular weight excluding hydrogens is 247 g/mol. The summed E-state index contributed by atoms with van der Waals surface area (Å²) in [7, 11) is 0. The summed E-state index contributed by atoms with van der Waals surface area (Å²) in [4.78, 5) is 3.81. The Morgan fingerprint density at radius 3 is 2.78 bits per heavy atom. The highest BCUT2D eigenvalue weighted by Crippen LogP contribution is 2.21. The Kier molecular flexibility index (Phi) is 7.28. The molecule has 0 saturated carbocycles. The van der Waals surface area contributed by atoms with Gasteiger partial charge in [-0.2, -0.15) is 11.8 Å². The second kappa shape index (κ2) is 8.48. The Hall–Kier alpha value is -0.610. The molecule has 0 aromatic carbocycles. The van der Waals surface area contributed by atoms with Crippen LogP contribution in [-0.4, -0.2) is 23.0 Å². The minimum absolute atomic E-state index is 0.0803. The zero-order chi connectivity index (χ0) is 13.4. The van der Waals surface area contributed by atoms with Crippen LogP contribution in [0.3, 0.4) is 0 Å². The number of halogens is 1. The van der Waals surface area contributed by atoms with E-state index in [1.165, 1.54) is 6.20 Å². The molecule has 0 fully saturated rings. The number of hydrogen-bond acceptors (Lipinski definition) is 3. The van der Waals surface area contributed by atoms with E-state index in [1.54, 1.807) is 12.3 Å². The van der Waals surface area contributed by atoms with E-state index in [1.807, 2.05) is 11.8 Å². The van der Waals surface area contributed by atoms with Gasteiger partial charge in [-0.3, -0.25) is 4.98 Å². The molecule has 102 valence electrons. The summed E-state index contributed by atoms with van der Waals surface area (Å²) in [5.74, 6) is 2.47. The van der Waals surface area contributed by atoms with E-state index in [0.29, 0.717) is 5.92 Å². The summed E-state index contributed by atoms with van der Waals surface area (Å²) in [6, 6.07) is 1.86. The first kappa shape index (κ1) is 15.4. The molecule has 0 amide bonds. The summed E-state index contributed by atoms with van der Waals surface area (Å²) < 4.78 is 13.7. The van der Waals surface area contributed by atoms with E-state index in [-0.39, 0.29) is 11.9 Å². The lowest BCUT2D eigenvalue weighted by molar-refractivity contribution is 0.529. The lowest BCUT2D eigenvalue weighted by atomic mass is 10.1. The quantitative estimate of drug-likeness (QED) is 0.780. The SMILES string of the molecule is CCCNC(CSCC(C)C)c1ccncc1F. The first-order valence-electron chi connectivity index (χ1n) is 6.55. The van der Waals surface area contributed by atoms with E-state index in [0.717, 1.165) is 30.0 Å². The third-order valence-electron chi connectivity index (χ3n) is 2.56. The number of rotatable bonds is 8. The topological polar surface area (TPSA) is 24.9 Å². The second-order valence-corrected chi connectivity index (χ2v) is 5.91. The molecule has 2 nitrogen and oxygen atoms in total. The van der Waals surface area contributed by atoms with Gasteiger partial charge in [-0.25, -0.2) is 4.39 Å². The van der Waals surface area contributed by atoms with Gasteiger partial charge in [0.05, 0.1) is 6.20 Å². The summed E-state index contributed by atoms with van der Waals surface area (Å²) in [5, 5.41) is 3.41. The van der Waals surface area contributed by atoms with Gasteiger partial charge in [-0.15, -0.1) is 0 Å². The van der Waals surface area contributed by atoms with Crippen molar-refractivity contribution in [1.29, 1.82) is 0 Å². The van der Waals surface area contributed by atoms with E-state index in [9.17, 15) is 4.39 Å². The molecule has 18 heavy (non-hydrogen) atoms. The molecule has 0 spiro atoms. The number of thioether (sulfide) groups is 1. The minimum atomic E-state index is -0.212. The highest BCUT2D eigenvalue weighted by atomic mass is 32.2. The first-order chi connectivity index (χ1) is 8.65. The fourth-order valence-electron chi connectivity index (χ4n) is 1.67. The zero-order valence-corrected chi connectivity index (χ0v) is 12.3. The molecule has 1 atom stereocenters. The molecule has 1 aromatic heterocycles. The predicted octanol–water partition coefficient (Wildman–Crippen LogP) is 3.65. The minimum Gasteiger partial charge on any atom is -0.309 e. The highest BCUT2D eigenvalue weighted by molar-refractivity contribution is 7.99. The van der Waals surface area contributed by atoms with Gasteiger partial charge in [0, 0.05) is 23.6 Å². The molecule has 0 aliphatic carbocycles. The number of aromatic nitrogens is 1. The van der Waals surface area contributed by atoms with Crippen molar-refractivity contribution in [3.05, 3.63) is 29.8 Å².